The van der Waals surface area contributed by atoms with E-state index < -0.39 is 11.7 Å². The highest BCUT2D eigenvalue weighted by Gasteiger charge is 2.30. The summed E-state index contributed by atoms with van der Waals surface area (Å²) in [5, 5.41) is 2.95. The molecule has 0 amide bonds. The van der Waals surface area contributed by atoms with Gasteiger partial charge in [0, 0.05) is 12.1 Å². The van der Waals surface area contributed by atoms with Crippen molar-refractivity contribution in [2.45, 2.75) is 12.7 Å². The lowest BCUT2D eigenvalue weighted by molar-refractivity contribution is -0.137. The Balaban J connectivity index is 1.68. The van der Waals surface area contributed by atoms with Gasteiger partial charge in [-0.25, -0.2) is 0 Å². The molecule has 0 radical (unpaired) electrons. The van der Waals surface area contributed by atoms with E-state index in [9.17, 15) is 13.2 Å². The third kappa shape index (κ3) is 3.56. The van der Waals surface area contributed by atoms with Gasteiger partial charge in [-0.05, 0) is 29.8 Å². The van der Waals surface area contributed by atoms with Gasteiger partial charge < -0.3 is 14.8 Å². The van der Waals surface area contributed by atoms with Gasteiger partial charge in [-0.3, -0.25) is 0 Å². The molecule has 2 aromatic carbocycles. The zero-order valence-electron chi connectivity index (χ0n) is 11.8. The number of hydrogen-bond acceptors (Lipinski definition) is 3. The molecule has 0 aromatic heterocycles. The first-order valence-corrected chi connectivity index (χ1v) is 7.18. The molecule has 1 aliphatic heterocycles. The molecule has 0 saturated heterocycles. The highest BCUT2D eigenvalue weighted by Crippen LogP contribution is 2.32. The van der Waals surface area contributed by atoms with E-state index in [1.165, 1.54) is 6.07 Å². The third-order valence-electron chi connectivity index (χ3n) is 3.34. The molecule has 1 N–H and O–H groups in total. The van der Waals surface area contributed by atoms with Crippen LogP contribution in [-0.4, -0.2) is 11.8 Å². The molecule has 0 saturated carbocycles. The lowest BCUT2D eigenvalue weighted by Gasteiger charge is -2.11. The molecular formula is C16H12F3NO2S. The van der Waals surface area contributed by atoms with Gasteiger partial charge in [-0.1, -0.05) is 30.4 Å². The van der Waals surface area contributed by atoms with Crippen LogP contribution in [0.4, 0.5) is 13.2 Å². The Hall–Kier alpha value is -2.28. The van der Waals surface area contributed by atoms with E-state index >= 15 is 0 Å². The number of halogens is 3. The molecule has 3 nitrogen and oxygen atoms in total. The van der Waals surface area contributed by atoms with Crippen molar-refractivity contribution in [1.82, 2.24) is 5.32 Å². The number of fused-ring (bicyclic) bond motifs is 1. The second-order valence-corrected chi connectivity index (χ2v) is 5.36. The lowest BCUT2D eigenvalue weighted by Crippen LogP contribution is -2.22. The van der Waals surface area contributed by atoms with E-state index in [2.05, 4.69) is 5.32 Å². The van der Waals surface area contributed by atoms with Crippen LogP contribution in [-0.2, 0) is 12.7 Å². The molecular weight excluding hydrogens is 327 g/mol. The SMILES string of the molecule is FC(F)(F)c1cccc(C(=S)NCc2ccc3c(c2)OCO3)c1. The molecule has 0 unspecified atom stereocenters. The molecule has 0 fully saturated rings. The highest BCUT2D eigenvalue weighted by molar-refractivity contribution is 7.80. The minimum atomic E-state index is -4.39. The van der Waals surface area contributed by atoms with Crippen LogP contribution in [0.15, 0.2) is 42.5 Å². The first-order chi connectivity index (χ1) is 10.9. The van der Waals surface area contributed by atoms with Gasteiger partial charge in [-0.15, -0.1) is 0 Å². The first-order valence-electron chi connectivity index (χ1n) is 6.77. The standard InChI is InChI=1S/C16H12F3NO2S/c17-16(18,19)12-3-1-2-11(7-12)15(23)20-8-10-4-5-13-14(6-10)22-9-21-13/h1-7H,8-9H2,(H,20,23). The third-order valence-corrected chi connectivity index (χ3v) is 3.72. The van der Waals surface area contributed by atoms with Crippen LogP contribution < -0.4 is 14.8 Å². The monoisotopic (exact) mass is 339 g/mol. The van der Waals surface area contributed by atoms with Crippen molar-refractivity contribution in [3.05, 3.63) is 59.2 Å². The molecule has 0 aliphatic carbocycles. The quantitative estimate of drug-likeness (QED) is 0.859. The van der Waals surface area contributed by atoms with Crippen molar-refractivity contribution in [1.29, 1.82) is 0 Å². The molecule has 0 spiro atoms. The van der Waals surface area contributed by atoms with Gasteiger partial charge in [0.25, 0.3) is 0 Å². The van der Waals surface area contributed by atoms with Crippen LogP contribution in [0, 0.1) is 0 Å². The fraction of sp³-hybridized carbons (Fsp3) is 0.188. The van der Waals surface area contributed by atoms with Gasteiger partial charge in [-0.2, -0.15) is 13.2 Å². The van der Waals surface area contributed by atoms with E-state index in [1.54, 1.807) is 12.1 Å². The summed E-state index contributed by atoms with van der Waals surface area (Å²) in [4.78, 5) is 0.258. The van der Waals surface area contributed by atoms with Crippen LogP contribution in [0.2, 0.25) is 0 Å². The molecule has 0 bridgehead atoms. The van der Waals surface area contributed by atoms with Gasteiger partial charge in [0.1, 0.15) is 4.99 Å². The fourth-order valence-electron chi connectivity index (χ4n) is 2.17. The Morgan fingerprint density at radius 2 is 1.87 bits per heavy atom. The lowest BCUT2D eigenvalue weighted by atomic mass is 10.1. The van der Waals surface area contributed by atoms with E-state index in [1.807, 2.05) is 12.1 Å². The molecule has 7 heteroatoms. The Bertz CT molecular complexity index is 746. The van der Waals surface area contributed by atoms with Crippen molar-refractivity contribution < 1.29 is 22.6 Å². The van der Waals surface area contributed by atoms with E-state index in [-0.39, 0.29) is 11.8 Å². The van der Waals surface area contributed by atoms with Crippen LogP contribution in [0.5, 0.6) is 11.5 Å². The maximum absolute atomic E-state index is 12.7. The number of hydrogen-bond donors (Lipinski definition) is 1. The second kappa shape index (κ2) is 6.08. The van der Waals surface area contributed by atoms with Crippen molar-refractivity contribution in [2.75, 3.05) is 6.79 Å². The summed E-state index contributed by atoms with van der Waals surface area (Å²) in [6.07, 6.45) is -4.39. The minimum absolute atomic E-state index is 0.189. The Morgan fingerprint density at radius 1 is 1.09 bits per heavy atom. The zero-order chi connectivity index (χ0) is 16.4. The fourth-order valence-corrected chi connectivity index (χ4v) is 2.37. The summed E-state index contributed by atoms with van der Waals surface area (Å²) in [6, 6.07) is 10.4. The molecule has 1 aliphatic rings. The van der Waals surface area contributed by atoms with Gasteiger partial charge in [0.05, 0.1) is 5.56 Å². The Labute approximate surface area is 136 Å². The van der Waals surface area contributed by atoms with Gasteiger partial charge in [0.15, 0.2) is 11.5 Å². The van der Waals surface area contributed by atoms with E-state index in [0.29, 0.717) is 23.6 Å². The van der Waals surface area contributed by atoms with Crippen LogP contribution in [0.25, 0.3) is 0 Å². The number of ether oxygens (including phenoxy) is 2. The van der Waals surface area contributed by atoms with Crippen LogP contribution in [0.1, 0.15) is 16.7 Å². The number of thiocarbonyl (C=S) groups is 1. The summed E-state index contributed by atoms with van der Waals surface area (Å²) < 4.78 is 48.7. The van der Waals surface area contributed by atoms with Crippen molar-refractivity contribution in [3.8, 4) is 11.5 Å². The normalized spacial score (nSPS) is 13.0. The average molecular weight is 339 g/mol. The van der Waals surface area contributed by atoms with Crippen molar-refractivity contribution in [2.24, 2.45) is 0 Å². The maximum Gasteiger partial charge on any atom is 0.416 e. The average Bonchev–Trinajstić information content (AvgIpc) is 2.99. The van der Waals surface area contributed by atoms with Crippen molar-refractivity contribution >= 4 is 17.2 Å². The number of rotatable bonds is 3. The summed E-state index contributed by atoms with van der Waals surface area (Å²) in [5.74, 6) is 1.32. The molecule has 120 valence electrons. The predicted octanol–water partition coefficient (Wildman–Crippen LogP) is 3.90. The summed E-state index contributed by atoms with van der Waals surface area (Å²) >= 11 is 5.17. The zero-order valence-corrected chi connectivity index (χ0v) is 12.6. The van der Waals surface area contributed by atoms with E-state index in [4.69, 9.17) is 21.7 Å². The summed E-state index contributed by atoms with van der Waals surface area (Å²) in [5.41, 5.74) is 0.501. The number of alkyl halides is 3. The highest BCUT2D eigenvalue weighted by atomic mass is 32.1. The minimum Gasteiger partial charge on any atom is -0.454 e. The molecule has 3 rings (SSSR count). The summed E-state index contributed by atoms with van der Waals surface area (Å²) in [6.45, 7) is 0.570. The molecule has 2 aromatic rings. The molecule has 0 atom stereocenters. The maximum atomic E-state index is 12.7. The number of nitrogens with one attached hydrogen (secondary N) is 1. The Kier molecular flexibility index (Phi) is 4.12. The topological polar surface area (TPSA) is 30.5 Å². The Morgan fingerprint density at radius 3 is 2.65 bits per heavy atom. The van der Waals surface area contributed by atoms with Crippen molar-refractivity contribution in [3.63, 3.8) is 0 Å². The van der Waals surface area contributed by atoms with Crippen LogP contribution >= 0.6 is 12.2 Å². The smallest absolute Gasteiger partial charge is 0.416 e. The summed E-state index contributed by atoms with van der Waals surface area (Å²) in [7, 11) is 0. The van der Waals surface area contributed by atoms with Gasteiger partial charge >= 0.3 is 6.18 Å². The molecule has 23 heavy (non-hydrogen) atoms. The van der Waals surface area contributed by atoms with E-state index in [0.717, 1.165) is 17.7 Å². The van der Waals surface area contributed by atoms with Crippen LogP contribution in [0.3, 0.4) is 0 Å². The first kappa shape index (κ1) is 15.6. The molecule has 1 heterocycles. The number of benzene rings is 2. The second-order valence-electron chi connectivity index (χ2n) is 4.95. The largest absolute Gasteiger partial charge is 0.454 e. The van der Waals surface area contributed by atoms with Gasteiger partial charge in [0.2, 0.25) is 6.79 Å². The predicted molar refractivity (Wildman–Crippen MR) is 82.5 cm³/mol.